The highest BCUT2D eigenvalue weighted by Crippen LogP contribution is 2.37. The number of thiazole rings is 1. The molecule has 20 heavy (non-hydrogen) atoms. The first-order valence-electron chi connectivity index (χ1n) is 6.75. The Balaban J connectivity index is 1.96. The fourth-order valence-electron chi connectivity index (χ4n) is 2.19. The van der Waals surface area contributed by atoms with Crippen LogP contribution in [0.2, 0.25) is 0 Å². The van der Waals surface area contributed by atoms with Gasteiger partial charge < -0.3 is 9.31 Å². The van der Waals surface area contributed by atoms with Crippen LogP contribution in [0.15, 0.2) is 35.8 Å². The molecule has 0 N–H and O–H groups in total. The number of hydrogen-bond acceptors (Lipinski definition) is 4. The molecule has 0 bridgehead atoms. The van der Waals surface area contributed by atoms with Crippen LogP contribution in [0.5, 0.6) is 0 Å². The molecule has 104 valence electrons. The third-order valence-corrected chi connectivity index (χ3v) is 4.96. The van der Waals surface area contributed by atoms with E-state index in [4.69, 9.17) is 9.31 Å². The van der Waals surface area contributed by atoms with Gasteiger partial charge in [0.1, 0.15) is 0 Å². The van der Waals surface area contributed by atoms with E-state index in [9.17, 15) is 0 Å². The SMILES string of the molecule is CC1(C)OB(c2scnc2-c2ccccc2)OC1(C)C. The van der Waals surface area contributed by atoms with E-state index in [-0.39, 0.29) is 18.3 Å². The smallest absolute Gasteiger partial charge is 0.399 e. The van der Waals surface area contributed by atoms with Gasteiger partial charge in [-0.1, -0.05) is 30.3 Å². The molecule has 0 amide bonds. The lowest BCUT2D eigenvalue weighted by Gasteiger charge is -2.32. The molecule has 1 aromatic heterocycles. The van der Waals surface area contributed by atoms with Crippen molar-refractivity contribution in [1.82, 2.24) is 4.98 Å². The molecule has 0 unspecified atom stereocenters. The fourth-order valence-corrected chi connectivity index (χ4v) is 2.95. The average Bonchev–Trinajstić information content (AvgIpc) is 2.94. The summed E-state index contributed by atoms with van der Waals surface area (Å²) in [7, 11) is -0.345. The Labute approximate surface area is 124 Å². The largest absolute Gasteiger partial charge is 0.507 e. The summed E-state index contributed by atoms with van der Waals surface area (Å²) in [5.41, 5.74) is 3.25. The lowest BCUT2D eigenvalue weighted by Crippen LogP contribution is -2.41. The van der Waals surface area contributed by atoms with E-state index in [0.29, 0.717) is 0 Å². The molecule has 2 heterocycles. The van der Waals surface area contributed by atoms with E-state index in [1.807, 2.05) is 23.7 Å². The van der Waals surface area contributed by atoms with Gasteiger partial charge in [-0.25, -0.2) is 4.98 Å². The molecule has 2 aromatic rings. The van der Waals surface area contributed by atoms with Crippen LogP contribution < -0.4 is 4.78 Å². The Morgan fingerprint density at radius 2 is 1.60 bits per heavy atom. The van der Waals surface area contributed by atoms with Crippen LogP contribution in [-0.2, 0) is 9.31 Å². The van der Waals surface area contributed by atoms with Crippen LogP contribution in [0.4, 0.5) is 0 Å². The highest BCUT2D eigenvalue weighted by molar-refractivity contribution is 7.21. The van der Waals surface area contributed by atoms with Gasteiger partial charge in [-0.2, -0.15) is 0 Å². The zero-order chi connectivity index (χ0) is 14.4. The van der Waals surface area contributed by atoms with Gasteiger partial charge in [0.25, 0.3) is 0 Å². The molecule has 1 saturated heterocycles. The molecular weight excluding hydrogens is 269 g/mol. The quantitative estimate of drug-likeness (QED) is 0.795. The van der Waals surface area contributed by atoms with Crippen LogP contribution in [0.3, 0.4) is 0 Å². The molecule has 1 aliphatic heterocycles. The summed E-state index contributed by atoms with van der Waals surface area (Å²) in [5, 5.41) is 0. The van der Waals surface area contributed by atoms with Crippen LogP contribution in [0, 0.1) is 0 Å². The van der Waals surface area contributed by atoms with E-state index in [1.54, 1.807) is 11.3 Å². The lowest BCUT2D eigenvalue weighted by atomic mass is 9.84. The third kappa shape index (κ3) is 2.20. The summed E-state index contributed by atoms with van der Waals surface area (Å²) in [6.07, 6.45) is 0. The standard InChI is InChI=1S/C15H18BNO2S/c1-14(2)15(3,4)19-16(18-14)13-12(17-10-20-13)11-8-6-5-7-9-11/h5-10H,1-4H3. The molecule has 3 nitrogen and oxygen atoms in total. The first kappa shape index (κ1) is 13.8. The minimum Gasteiger partial charge on any atom is -0.399 e. The zero-order valence-electron chi connectivity index (χ0n) is 12.2. The second-order valence-electron chi connectivity index (χ2n) is 6.02. The van der Waals surface area contributed by atoms with Gasteiger partial charge in [-0.15, -0.1) is 11.3 Å². The van der Waals surface area contributed by atoms with Gasteiger partial charge in [0, 0.05) is 5.56 Å². The Bertz CT molecular complexity index is 593. The zero-order valence-corrected chi connectivity index (χ0v) is 13.0. The van der Waals surface area contributed by atoms with Gasteiger partial charge in [-0.05, 0) is 27.7 Å². The van der Waals surface area contributed by atoms with Gasteiger partial charge in [-0.3, -0.25) is 0 Å². The topological polar surface area (TPSA) is 31.4 Å². The summed E-state index contributed by atoms with van der Waals surface area (Å²) in [6, 6.07) is 10.2. The Morgan fingerprint density at radius 3 is 2.20 bits per heavy atom. The number of benzene rings is 1. The van der Waals surface area contributed by atoms with Crippen molar-refractivity contribution in [2.24, 2.45) is 0 Å². The maximum atomic E-state index is 6.12. The van der Waals surface area contributed by atoms with Crippen LogP contribution in [0.25, 0.3) is 11.3 Å². The maximum absolute atomic E-state index is 6.12. The molecular formula is C15H18BNO2S. The number of nitrogens with zero attached hydrogens (tertiary/aromatic N) is 1. The van der Waals surface area contributed by atoms with Crippen molar-refractivity contribution in [2.75, 3.05) is 0 Å². The normalized spacial score (nSPS) is 20.3. The minimum absolute atomic E-state index is 0.324. The Morgan fingerprint density at radius 1 is 1.00 bits per heavy atom. The molecule has 1 aliphatic rings. The van der Waals surface area contributed by atoms with Crippen LogP contribution >= 0.6 is 11.3 Å². The fraction of sp³-hybridized carbons (Fsp3) is 0.400. The predicted molar refractivity (Wildman–Crippen MR) is 83.3 cm³/mol. The van der Waals surface area contributed by atoms with Crippen molar-refractivity contribution in [1.29, 1.82) is 0 Å². The monoisotopic (exact) mass is 287 g/mol. The first-order chi connectivity index (χ1) is 9.41. The highest BCUT2D eigenvalue weighted by atomic mass is 32.1. The van der Waals surface area contributed by atoms with Crippen molar-refractivity contribution in [3.05, 3.63) is 35.8 Å². The van der Waals surface area contributed by atoms with E-state index in [0.717, 1.165) is 16.0 Å². The lowest BCUT2D eigenvalue weighted by molar-refractivity contribution is 0.00578. The molecule has 1 aromatic carbocycles. The van der Waals surface area contributed by atoms with Crippen molar-refractivity contribution < 1.29 is 9.31 Å². The van der Waals surface area contributed by atoms with Crippen LogP contribution in [0.1, 0.15) is 27.7 Å². The van der Waals surface area contributed by atoms with E-state index in [1.165, 1.54) is 0 Å². The number of aromatic nitrogens is 1. The summed E-state index contributed by atoms with van der Waals surface area (Å²) < 4.78 is 13.3. The molecule has 0 aliphatic carbocycles. The van der Waals surface area contributed by atoms with Crippen molar-refractivity contribution in [2.45, 2.75) is 38.9 Å². The highest BCUT2D eigenvalue weighted by Gasteiger charge is 2.52. The average molecular weight is 287 g/mol. The van der Waals surface area contributed by atoms with Gasteiger partial charge in [0.05, 0.1) is 27.2 Å². The first-order valence-corrected chi connectivity index (χ1v) is 7.63. The summed E-state index contributed by atoms with van der Waals surface area (Å²) in [6.45, 7) is 8.26. The molecule has 5 heteroatoms. The summed E-state index contributed by atoms with van der Waals surface area (Å²) in [4.78, 5) is 4.49. The maximum Gasteiger partial charge on any atom is 0.507 e. The number of hydrogen-bond donors (Lipinski definition) is 0. The van der Waals surface area contributed by atoms with Gasteiger partial charge in [0.15, 0.2) is 0 Å². The number of rotatable bonds is 2. The molecule has 0 spiro atoms. The summed E-state index contributed by atoms with van der Waals surface area (Å²) >= 11 is 1.58. The van der Waals surface area contributed by atoms with Gasteiger partial charge >= 0.3 is 7.12 Å². The van der Waals surface area contributed by atoms with Crippen LogP contribution in [-0.4, -0.2) is 23.3 Å². The molecule has 3 rings (SSSR count). The Kier molecular flexibility index (Phi) is 3.24. The third-order valence-electron chi connectivity index (χ3n) is 4.11. The second kappa shape index (κ2) is 4.69. The van der Waals surface area contributed by atoms with E-state index in [2.05, 4.69) is 44.8 Å². The van der Waals surface area contributed by atoms with Crippen molar-refractivity contribution in [3.63, 3.8) is 0 Å². The van der Waals surface area contributed by atoms with Crippen molar-refractivity contribution in [3.8, 4) is 11.3 Å². The molecule has 0 radical (unpaired) electrons. The van der Waals surface area contributed by atoms with E-state index >= 15 is 0 Å². The molecule has 0 saturated carbocycles. The minimum atomic E-state index is -0.345. The van der Waals surface area contributed by atoms with Crippen molar-refractivity contribution >= 4 is 23.2 Å². The second-order valence-corrected chi connectivity index (χ2v) is 6.91. The molecule has 1 fully saturated rings. The summed E-state index contributed by atoms with van der Waals surface area (Å²) in [5.74, 6) is 0. The van der Waals surface area contributed by atoms with E-state index < -0.39 is 0 Å². The van der Waals surface area contributed by atoms with Gasteiger partial charge in [0.2, 0.25) is 0 Å². The Hall–Kier alpha value is -1.17. The predicted octanol–water partition coefficient (Wildman–Crippen LogP) is 3.11. The molecule has 0 atom stereocenters.